The summed E-state index contributed by atoms with van der Waals surface area (Å²) in [4.78, 5) is 13.2. The molecule has 0 aromatic heterocycles. The molecular weight excluding hydrogens is 248 g/mol. The molecule has 1 saturated carbocycles. The Kier molecular flexibility index (Phi) is 2.51. The molecule has 2 aliphatic rings. The molecular formula is C18H22O2. The van der Waals surface area contributed by atoms with Crippen LogP contribution in [0.5, 0.6) is 0 Å². The number of ether oxygens (including phenoxy) is 1. The summed E-state index contributed by atoms with van der Waals surface area (Å²) in [6.07, 6.45) is 2.85. The Bertz CT molecular complexity index is 606. The number of ketones is 1. The molecule has 1 aromatic rings. The van der Waals surface area contributed by atoms with Crippen molar-refractivity contribution in [2.45, 2.75) is 34.1 Å². The van der Waals surface area contributed by atoms with Crippen LogP contribution in [0.25, 0.3) is 5.76 Å². The Balaban J connectivity index is 2.23. The molecule has 20 heavy (non-hydrogen) atoms. The molecule has 1 fully saturated rings. The number of carbonyl (C=O) groups excluding carboxylic acids is 1. The van der Waals surface area contributed by atoms with Crippen LogP contribution in [-0.2, 0) is 4.74 Å². The van der Waals surface area contributed by atoms with Gasteiger partial charge in [0.15, 0.2) is 5.78 Å². The number of hydrogen-bond donors (Lipinski definition) is 0. The first-order valence-electron chi connectivity index (χ1n) is 7.19. The van der Waals surface area contributed by atoms with E-state index in [2.05, 4.69) is 33.8 Å². The van der Waals surface area contributed by atoms with E-state index in [4.69, 9.17) is 4.74 Å². The number of fused-ring (bicyclic) bond motifs is 1. The van der Waals surface area contributed by atoms with Gasteiger partial charge in [0, 0.05) is 16.5 Å². The monoisotopic (exact) mass is 270 g/mol. The molecule has 2 nitrogen and oxygen atoms in total. The zero-order chi connectivity index (χ0) is 14.8. The molecule has 0 N–H and O–H groups in total. The summed E-state index contributed by atoms with van der Waals surface area (Å²) in [5, 5.41) is 0. The van der Waals surface area contributed by atoms with Gasteiger partial charge in [0.2, 0.25) is 0 Å². The smallest absolute Gasteiger partial charge is 0.171 e. The molecule has 0 radical (unpaired) electrons. The third-order valence-electron chi connectivity index (χ3n) is 6.27. The number of allylic oxidation sites excluding steroid dienone is 1. The van der Waals surface area contributed by atoms with Crippen molar-refractivity contribution >= 4 is 11.5 Å². The lowest BCUT2D eigenvalue weighted by Crippen LogP contribution is -2.23. The molecule has 0 heterocycles. The van der Waals surface area contributed by atoms with Gasteiger partial charge in [0.05, 0.1) is 7.11 Å². The van der Waals surface area contributed by atoms with Crippen LogP contribution in [-0.4, -0.2) is 12.9 Å². The molecule has 0 aliphatic heterocycles. The van der Waals surface area contributed by atoms with Crippen molar-refractivity contribution in [3.63, 3.8) is 0 Å². The second-order valence-electron chi connectivity index (χ2n) is 7.01. The SMILES string of the molecule is COC1=CCC2(C(=O)c3ccccc31)C(C)(C)C2(C)C. The molecule has 0 saturated heterocycles. The summed E-state index contributed by atoms with van der Waals surface area (Å²) in [6.45, 7) is 8.83. The Labute approximate surface area is 120 Å². The van der Waals surface area contributed by atoms with Gasteiger partial charge in [0.1, 0.15) is 5.76 Å². The van der Waals surface area contributed by atoms with Gasteiger partial charge < -0.3 is 4.74 Å². The maximum Gasteiger partial charge on any atom is 0.171 e. The molecule has 1 spiro atoms. The normalized spacial score (nSPS) is 24.6. The van der Waals surface area contributed by atoms with E-state index in [1.807, 2.05) is 24.3 Å². The number of hydrogen-bond acceptors (Lipinski definition) is 2. The number of rotatable bonds is 1. The molecule has 0 unspecified atom stereocenters. The molecule has 0 bridgehead atoms. The third kappa shape index (κ3) is 1.23. The quantitative estimate of drug-likeness (QED) is 0.760. The van der Waals surface area contributed by atoms with Crippen LogP contribution in [0.3, 0.4) is 0 Å². The second-order valence-corrected chi connectivity index (χ2v) is 7.01. The van der Waals surface area contributed by atoms with Gasteiger partial charge in [-0.05, 0) is 23.3 Å². The number of Topliss-reactive ketones (excluding diaryl/α,β-unsaturated/α-hetero) is 1. The average molecular weight is 270 g/mol. The van der Waals surface area contributed by atoms with Gasteiger partial charge in [-0.25, -0.2) is 0 Å². The highest BCUT2D eigenvalue weighted by Crippen LogP contribution is 2.80. The summed E-state index contributed by atoms with van der Waals surface area (Å²) in [5.74, 6) is 1.09. The summed E-state index contributed by atoms with van der Waals surface area (Å²) >= 11 is 0. The van der Waals surface area contributed by atoms with E-state index in [9.17, 15) is 4.79 Å². The van der Waals surface area contributed by atoms with E-state index in [1.165, 1.54) is 0 Å². The van der Waals surface area contributed by atoms with Crippen LogP contribution in [0.15, 0.2) is 30.3 Å². The highest BCUT2D eigenvalue weighted by atomic mass is 16.5. The van der Waals surface area contributed by atoms with E-state index in [-0.39, 0.29) is 22.0 Å². The first-order chi connectivity index (χ1) is 9.31. The largest absolute Gasteiger partial charge is 0.496 e. The zero-order valence-corrected chi connectivity index (χ0v) is 12.9. The fourth-order valence-corrected chi connectivity index (χ4v) is 4.27. The van der Waals surface area contributed by atoms with E-state index in [0.717, 1.165) is 23.3 Å². The Morgan fingerprint density at radius 1 is 1.00 bits per heavy atom. The predicted molar refractivity (Wildman–Crippen MR) is 80.4 cm³/mol. The van der Waals surface area contributed by atoms with E-state index >= 15 is 0 Å². The first-order valence-corrected chi connectivity index (χ1v) is 7.19. The maximum atomic E-state index is 13.2. The van der Waals surface area contributed by atoms with E-state index in [1.54, 1.807) is 7.11 Å². The van der Waals surface area contributed by atoms with Crippen molar-refractivity contribution < 1.29 is 9.53 Å². The van der Waals surface area contributed by atoms with Crippen molar-refractivity contribution in [3.8, 4) is 0 Å². The fourth-order valence-electron chi connectivity index (χ4n) is 4.27. The van der Waals surface area contributed by atoms with Crippen molar-refractivity contribution in [3.05, 3.63) is 41.5 Å². The second kappa shape index (κ2) is 3.75. The highest BCUT2D eigenvalue weighted by Gasteiger charge is 2.79. The summed E-state index contributed by atoms with van der Waals surface area (Å²) in [5.41, 5.74) is 1.43. The maximum absolute atomic E-state index is 13.2. The van der Waals surface area contributed by atoms with Gasteiger partial charge >= 0.3 is 0 Å². The Hall–Kier alpha value is -1.57. The fraction of sp³-hybridized carbons (Fsp3) is 0.500. The molecule has 0 atom stereocenters. The first kappa shape index (κ1) is 13.4. The molecule has 2 aliphatic carbocycles. The Morgan fingerprint density at radius 2 is 1.55 bits per heavy atom. The van der Waals surface area contributed by atoms with Crippen LogP contribution in [0.2, 0.25) is 0 Å². The van der Waals surface area contributed by atoms with Crippen molar-refractivity contribution in [2.75, 3.05) is 7.11 Å². The number of benzene rings is 1. The minimum Gasteiger partial charge on any atom is -0.496 e. The zero-order valence-electron chi connectivity index (χ0n) is 12.9. The van der Waals surface area contributed by atoms with Crippen molar-refractivity contribution in [2.24, 2.45) is 16.2 Å². The van der Waals surface area contributed by atoms with Gasteiger partial charge in [-0.3, -0.25) is 4.79 Å². The molecule has 2 heteroatoms. The molecule has 1 aromatic carbocycles. The van der Waals surface area contributed by atoms with Crippen LogP contribution >= 0.6 is 0 Å². The minimum atomic E-state index is -0.309. The summed E-state index contributed by atoms with van der Waals surface area (Å²) in [7, 11) is 1.67. The average Bonchev–Trinajstić information content (AvgIpc) is 2.83. The molecule has 0 amide bonds. The standard InChI is InChI=1S/C18H22O2/c1-16(2)17(3,4)18(16)11-10-14(20-5)12-8-6-7-9-13(12)15(18)19/h6-10H,11H2,1-5H3. The number of carbonyl (C=O) groups is 1. The molecule has 3 rings (SSSR count). The predicted octanol–water partition coefficient (Wildman–Crippen LogP) is 4.31. The number of methoxy groups -OCH3 is 1. The summed E-state index contributed by atoms with van der Waals surface area (Å²) < 4.78 is 5.51. The summed E-state index contributed by atoms with van der Waals surface area (Å²) in [6, 6.07) is 7.80. The van der Waals surface area contributed by atoms with Crippen molar-refractivity contribution in [1.82, 2.24) is 0 Å². The minimum absolute atomic E-state index is 0.00386. The lowest BCUT2D eigenvalue weighted by Gasteiger charge is -2.17. The van der Waals surface area contributed by atoms with Crippen LogP contribution in [0, 0.1) is 16.2 Å². The highest BCUT2D eigenvalue weighted by molar-refractivity contribution is 6.08. The topological polar surface area (TPSA) is 26.3 Å². The lowest BCUT2D eigenvalue weighted by atomic mass is 9.83. The van der Waals surface area contributed by atoms with Crippen LogP contribution in [0.4, 0.5) is 0 Å². The van der Waals surface area contributed by atoms with Gasteiger partial charge in [-0.1, -0.05) is 52.0 Å². The molecule has 106 valence electrons. The van der Waals surface area contributed by atoms with Crippen molar-refractivity contribution in [1.29, 1.82) is 0 Å². The Morgan fingerprint density at radius 3 is 2.05 bits per heavy atom. The van der Waals surface area contributed by atoms with Gasteiger partial charge in [-0.2, -0.15) is 0 Å². The van der Waals surface area contributed by atoms with Crippen LogP contribution in [0.1, 0.15) is 50.0 Å². The van der Waals surface area contributed by atoms with Gasteiger partial charge in [-0.15, -0.1) is 0 Å². The van der Waals surface area contributed by atoms with E-state index < -0.39 is 0 Å². The van der Waals surface area contributed by atoms with E-state index in [0.29, 0.717) is 0 Å². The lowest BCUT2D eigenvalue weighted by molar-refractivity contribution is 0.0854. The third-order valence-corrected chi connectivity index (χ3v) is 6.27. The van der Waals surface area contributed by atoms with Crippen LogP contribution < -0.4 is 0 Å². The van der Waals surface area contributed by atoms with Gasteiger partial charge in [0.25, 0.3) is 0 Å².